The van der Waals surface area contributed by atoms with E-state index in [1.54, 1.807) is 0 Å². The molecule has 0 unspecified atom stereocenters. The van der Waals surface area contributed by atoms with Gasteiger partial charge in [0.1, 0.15) is 11.3 Å². The molecule has 0 N–H and O–H groups in total. The van der Waals surface area contributed by atoms with Gasteiger partial charge in [-0.3, -0.25) is 0 Å². The van der Waals surface area contributed by atoms with E-state index in [-0.39, 0.29) is 5.41 Å². The molecule has 60 heavy (non-hydrogen) atoms. The van der Waals surface area contributed by atoms with Gasteiger partial charge in [-0.2, -0.15) is 0 Å². The molecule has 0 atom stereocenters. The number of benzene rings is 9. The van der Waals surface area contributed by atoms with Crippen LogP contribution in [0.2, 0.25) is 0 Å². The third-order valence-electron chi connectivity index (χ3n) is 13.9. The maximum Gasteiger partial charge on any atom is 0.140 e. The van der Waals surface area contributed by atoms with Crippen LogP contribution in [-0.2, 0) is 10.8 Å². The average molecular weight is 766 g/mol. The lowest BCUT2D eigenvalue weighted by molar-refractivity contribution is 0.628. The van der Waals surface area contributed by atoms with Gasteiger partial charge in [-0.15, -0.1) is 0 Å². The summed E-state index contributed by atoms with van der Waals surface area (Å²) in [6.07, 6.45) is 0. The molecule has 1 aromatic heterocycles. The first-order valence-corrected chi connectivity index (χ1v) is 21.0. The van der Waals surface area contributed by atoms with E-state index in [1.165, 1.54) is 82.9 Å². The summed E-state index contributed by atoms with van der Waals surface area (Å²) in [5, 5.41) is 3.71. The molecule has 282 valence electrons. The molecule has 1 heterocycles. The Morgan fingerprint density at radius 3 is 1.75 bits per heavy atom. The van der Waals surface area contributed by atoms with Gasteiger partial charge in [0, 0.05) is 39.0 Å². The number of hydrogen-bond acceptors (Lipinski definition) is 2. The van der Waals surface area contributed by atoms with Gasteiger partial charge in [0.05, 0.1) is 5.41 Å². The lowest BCUT2D eigenvalue weighted by Crippen LogP contribution is -2.25. The van der Waals surface area contributed by atoms with Crippen molar-refractivity contribution in [3.05, 3.63) is 234 Å². The summed E-state index contributed by atoms with van der Waals surface area (Å²) in [6.45, 7) is 4.77. The summed E-state index contributed by atoms with van der Waals surface area (Å²) in [5.74, 6) is 0.958. The van der Waals surface area contributed by atoms with Crippen molar-refractivity contribution in [1.29, 1.82) is 0 Å². The van der Waals surface area contributed by atoms with Crippen LogP contribution in [0.15, 0.2) is 205 Å². The van der Waals surface area contributed by atoms with Crippen LogP contribution in [0.1, 0.15) is 47.2 Å². The highest BCUT2D eigenvalue weighted by molar-refractivity contribution is 6.03. The second-order valence-electron chi connectivity index (χ2n) is 17.2. The summed E-state index contributed by atoms with van der Waals surface area (Å²) in [6, 6.07) is 73.9. The number of furan rings is 1. The van der Waals surface area contributed by atoms with E-state index in [0.29, 0.717) is 0 Å². The van der Waals surface area contributed by atoms with Crippen LogP contribution in [-0.4, -0.2) is 0 Å². The quantitative estimate of drug-likeness (QED) is 0.177. The third kappa shape index (κ3) is 4.32. The number of fused-ring (bicyclic) bond motifs is 16. The monoisotopic (exact) mass is 765 g/mol. The smallest absolute Gasteiger partial charge is 0.140 e. The fourth-order valence-electron chi connectivity index (χ4n) is 11.3. The summed E-state index contributed by atoms with van der Waals surface area (Å²) in [4.78, 5) is 2.42. The van der Waals surface area contributed by atoms with E-state index in [2.05, 4.69) is 219 Å². The van der Waals surface area contributed by atoms with E-state index in [9.17, 15) is 0 Å². The number of rotatable bonds is 4. The average Bonchev–Trinajstić information content (AvgIpc) is 3.98. The number of anilines is 3. The van der Waals surface area contributed by atoms with Gasteiger partial charge in [-0.25, -0.2) is 0 Å². The second-order valence-corrected chi connectivity index (χ2v) is 17.2. The van der Waals surface area contributed by atoms with Gasteiger partial charge < -0.3 is 9.32 Å². The van der Waals surface area contributed by atoms with Crippen molar-refractivity contribution in [2.45, 2.75) is 24.7 Å². The number of nitrogens with zero attached hydrogens (tertiary/aromatic N) is 1. The zero-order chi connectivity index (χ0) is 39.7. The molecule has 3 aliphatic rings. The van der Waals surface area contributed by atoms with E-state index >= 15 is 0 Å². The van der Waals surface area contributed by atoms with Crippen molar-refractivity contribution in [2.75, 3.05) is 4.90 Å². The molecule has 3 aliphatic carbocycles. The molecule has 0 aliphatic heterocycles. The highest BCUT2D eigenvalue weighted by Gasteiger charge is 2.54. The summed E-state index contributed by atoms with van der Waals surface area (Å²) in [7, 11) is 0. The van der Waals surface area contributed by atoms with Crippen LogP contribution >= 0.6 is 0 Å². The largest absolute Gasteiger partial charge is 0.456 e. The molecule has 2 nitrogen and oxygen atoms in total. The van der Waals surface area contributed by atoms with Crippen LogP contribution in [0.3, 0.4) is 0 Å². The first-order chi connectivity index (χ1) is 29.5. The van der Waals surface area contributed by atoms with Gasteiger partial charge in [-0.05, 0) is 121 Å². The molecule has 10 aromatic rings. The lowest BCUT2D eigenvalue weighted by Gasteiger charge is -2.31. The first kappa shape index (κ1) is 33.5. The van der Waals surface area contributed by atoms with Gasteiger partial charge >= 0.3 is 0 Å². The topological polar surface area (TPSA) is 16.4 Å². The molecule has 0 fully saturated rings. The van der Waals surface area contributed by atoms with Crippen molar-refractivity contribution in [3.63, 3.8) is 0 Å². The van der Waals surface area contributed by atoms with Gasteiger partial charge in [0.2, 0.25) is 0 Å². The Kier molecular flexibility index (Phi) is 6.74. The molecular weight excluding hydrogens is 727 g/mol. The molecule has 0 saturated carbocycles. The molecule has 0 bridgehead atoms. The molecule has 13 rings (SSSR count). The Labute approximate surface area is 349 Å². The van der Waals surface area contributed by atoms with Gasteiger partial charge in [0.25, 0.3) is 0 Å². The Hall–Kier alpha value is -7.42. The molecular formula is C58H39NO. The van der Waals surface area contributed by atoms with Crippen molar-refractivity contribution in [2.24, 2.45) is 0 Å². The third-order valence-corrected chi connectivity index (χ3v) is 13.9. The predicted molar refractivity (Wildman–Crippen MR) is 248 cm³/mol. The molecule has 0 saturated heterocycles. The number of para-hydroxylation sites is 2. The highest BCUT2D eigenvalue weighted by Crippen LogP contribution is 2.65. The van der Waals surface area contributed by atoms with Crippen molar-refractivity contribution in [3.8, 4) is 44.7 Å². The van der Waals surface area contributed by atoms with Gasteiger partial charge in [0.15, 0.2) is 0 Å². The van der Waals surface area contributed by atoms with Crippen LogP contribution in [0, 0.1) is 0 Å². The normalized spacial score (nSPS) is 14.4. The van der Waals surface area contributed by atoms with E-state index in [1.807, 2.05) is 0 Å². The Morgan fingerprint density at radius 2 is 0.950 bits per heavy atom. The minimum absolute atomic E-state index is 0.208. The van der Waals surface area contributed by atoms with Crippen molar-refractivity contribution in [1.82, 2.24) is 0 Å². The van der Waals surface area contributed by atoms with Crippen LogP contribution < -0.4 is 4.90 Å². The zero-order valence-electron chi connectivity index (χ0n) is 33.4. The van der Waals surface area contributed by atoms with E-state index < -0.39 is 5.41 Å². The van der Waals surface area contributed by atoms with Crippen molar-refractivity contribution < 1.29 is 4.42 Å². The standard InChI is InChI=1S/C58H39NO/c1-57(2)52-33-37(42-23-14-16-36-15-6-7-19-41(36)42)27-30-45(52)46-31-28-40(35-53(46)57)59(38-17-4-3-5-18-38)39-29-32-51-48(34-39)56-55(47-22-10-13-26-54(47)60-56)58(51)49-24-11-8-20-43(49)44-21-9-12-25-50(44)58/h3-35H,1-2H3. The SMILES string of the molecule is CC1(C)c2cc(-c3cccc4ccccc34)ccc2-c2ccc(N(c3ccccc3)c3ccc4c(c3)-c3oc5ccccc5c3C43c4ccccc4-c4ccccc43)cc21. The maximum atomic E-state index is 6.97. The van der Waals surface area contributed by atoms with E-state index in [4.69, 9.17) is 4.42 Å². The van der Waals surface area contributed by atoms with Crippen LogP contribution in [0.4, 0.5) is 17.1 Å². The van der Waals surface area contributed by atoms with Crippen LogP contribution in [0.25, 0.3) is 66.4 Å². The second kappa shape index (κ2) is 12.1. The minimum atomic E-state index is -0.491. The van der Waals surface area contributed by atoms with Crippen molar-refractivity contribution >= 4 is 38.8 Å². The van der Waals surface area contributed by atoms with Gasteiger partial charge in [-0.1, -0.05) is 166 Å². The lowest BCUT2D eigenvalue weighted by atomic mass is 9.70. The molecule has 0 amide bonds. The summed E-state index contributed by atoms with van der Waals surface area (Å²) in [5.41, 5.74) is 20.3. The Balaban J connectivity index is 0.991. The molecule has 0 radical (unpaired) electrons. The fourth-order valence-corrected chi connectivity index (χ4v) is 11.3. The van der Waals surface area contributed by atoms with Crippen LogP contribution in [0.5, 0.6) is 0 Å². The minimum Gasteiger partial charge on any atom is -0.456 e. The Morgan fingerprint density at radius 1 is 0.383 bits per heavy atom. The Bertz CT molecular complexity index is 3370. The highest BCUT2D eigenvalue weighted by atomic mass is 16.3. The predicted octanol–water partition coefficient (Wildman–Crippen LogP) is 15.4. The summed E-state index contributed by atoms with van der Waals surface area (Å²) >= 11 is 0. The summed E-state index contributed by atoms with van der Waals surface area (Å²) < 4.78 is 6.97. The first-order valence-electron chi connectivity index (χ1n) is 21.0. The van der Waals surface area contributed by atoms with E-state index in [0.717, 1.165) is 34.0 Å². The fraction of sp³-hybridized carbons (Fsp3) is 0.0690. The number of hydrogen-bond donors (Lipinski definition) is 0. The molecule has 1 spiro atoms. The molecule has 9 aromatic carbocycles. The molecule has 2 heteroatoms. The zero-order valence-corrected chi connectivity index (χ0v) is 33.4. The maximum absolute atomic E-state index is 6.97.